The normalized spacial score (nSPS) is 15.1. The first-order chi connectivity index (χ1) is 10.5. The summed E-state index contributed by atoms with van der Waals surface area (Å²) in [5, 5.41) is 8.77. The number of carbonyl (C=O) groups excluding carboxylic acids is 3. The first-order valence-electron chi connectivity index (χ1n) is 6.93. The Kier molecular flexibility index (Phi) is 4.37. The van der Waals surface area contributed by atoms with Gasteiger partial charge in [-0.2, -0.15) is 5.26 Å². The summed E-state index contributed by atoms with van der Waals surface area (Å²) >= 11 is 0. The largest absolute Gasteiger partial charge is 0.333 e. The second kappa shape index (κ2) is 6.22. The fourth-order valence-electron chi connectivity index (χ4n) is 2.20. The highest BCUT2D eigenvalue weighted by Gasteiger charge is 2.40. The lowest BCUT2D eigenvalue weighted by Crippen LogP contribution is -2.56. The van der Waals surface area contributed by atoms with Gasteiger partial charge >= 0.3 is 6.03 Å². The average molecular weight is 297 g/mol. The molecule has 1 aliphatic rings. The van der Waals surface area contributed by atoms with Crippen LogP contribution < -0.4 is 0 Å². The third-order valence-electron chi connectivity index (χ3n) is 3.40. The van der Waals surface area contributed by atoms with Crippen LogP contribution in [0, 0.1) is 11.3 Å². The molecule has 0 unspecified atom stereocenters. The van der Waals surface area contributed by atoms with Gasteiger partial charge in [0.2, 0.25) is 0 Å². The van der Waals surface area contributed by atoms with E-state index in [-0.39, 0.29) is 18.7 Å². The second-order valence-electron chi connectivity index (χ2n) is 4.67. The van der Waals surface area contributed by atoms with E-state index < -0.39 is 17.8 Å². The SMILES string of the molecule is CCN1C(=O)C(=Cc2ccc(C#N)cc2)C(=O)N(CC)C1=O. The van der Waals surface area contributed by atoms with E-state index in [4.69, 9.17) is 5.26 Å². The number of nitrogens with zero attached hydrogens (tertiary/aromatic N) is 3. The lowest BCUT2D eigenvalue weighted by Gasteiger charge is -2.32. The molecule has 1 aliphatic heterocycles. The van der Waals surface area contributed by atoms with Crippen LogP contribution in [0.5, 0.6) is 0 Å². The number of rotatable bonds is 3. The van der Waals surface area contributed by atoms with E-state index in [0.717, 1.165) is 9.80 Å². The number of hydrogen-bond acceptors (Lipinski definition) is 4. The quantitative estimate of drug-likeness (QED) is 0.629. The van der Waals surface area contributed by atoms with Crippen LogP contribution in [0.25, 0.3) is 6.08 Å². The number of likely N-dealkylation sites (N-methyl/N-ethyl adjacent to an activating group) is 2. The lowest BCUT2D eigenvalue weighted by atomic mass is 10.1. The number of amides is 4. The number of carbonyl (C=O) groups is 3. The van der Waals surface area contributed by atoms with E-state index in [9.17, 15) is 14.4 Å². The highest BCUT2D eigenvalue weighted by atomic mass is 16.2. The summed E-state index contributed by atoms with van der Waals surface area (Å²) < 4.78 is 0. The maximum absolute atomic E-state index is 12.3. The molecule has 1 saturated heterocycles. The van der Waals surface area contributed by atoms with Crippen LogP contribution in [0.3, 0.4) is 0 Å². The molecular weight excluding hydrogens is 282 g/mol. The monoisotopic (exact) mass is 297 g/mol. The summed E-state index contributed by atoms with van der Waals surface area (Å²) in [6, 6.07) is 7.91. The summed E-state index contributed by atoms with van der Waals surface area (Å²) in [5.74, 6) is -1.18. The molecule has 112 valence electrons. The number of urea groups is 1. The van der Waals surface area contributed by atoms with Crippen molar-refractivity contribution in [3.05, 3.63) is 41.0 Å². The number of benzene rings is 1. The van der Waals surface area contributed by atoms with Gasteiger partial charge in [-0.1, -0.05) is 12.1 Å². The van der Waals surface area contributed by atoms with Crippen LogP contribution in [0.1, 0.15) is 25.0 Å². The first-order valence-corrected chi connectivity index (χ1v) is 6.93. The van der Waals surface area contributed by atoms with E-state index >= 15 is 0 Å². The summed E-state index contributed by atoms with van der Waals surface area (Å²) in [4.78, 5) is 38.7. The topological polar surface area (TPSA) is 81.5 Å². The van der Waals surface area contributed by atoms with E-state index in [2.05, 4.69) is 0 Å². The highest BCUT2D eigenvalue weighted by Crippen LogP contribution is 2.20. The summed E-state index contributed by atoms with van der Waals surface area (Å²) in [6.07, 6.45) is 1.45. The van der Waals surface area contributed by atoms with Gasteiger partial charge in [0, 0.05) is 13.1 Å². The van der Waals surface area contributed by atoms with E-state index in [1.807, 2.05) is 6.07 Å². The fourth-order valence-corrected chi connectivity index (χ4v) is 2.20. The lowest BCUT2D eigenvalue weighted by molar-refractivity contribution is -0.135. The third kappa shape index (κ3) is 2.61. The maximum atomic E-state index is 12.3. The van der Waals surface area contributed by atoms with Crippen molar-refractivity contribution in [1.29, 1.82) is 5.26 Å². The Morgan fingerprint density at radius 3 is 1.91 bits per heavy atom. The van der Waals surface area contributed by atoms with Gasteiger partial charge in [-0.25, -0.2) is 4.79 Å². The van der Waals surface area contributed by atoms with Crippen LogP contribution in [-0.2, 0) is 9.59 Å². The summed E-state index contributed by atoms with van der Waals surface area (Å²) in [6.45, 7) is 3.76. The Bertz CT molecular complexity index is 670. The van der Waals surface area contributed by atoms with Gasteiger partial charge < -0.3 is 0 Å². The molecule has 0 spiro atoms. The number of imide groups is 2. The third-order valence-corrected chi connectivity index (χ3v) is 3.40. The van der Waals surface area contributed by atoms with Crippen molar-refractivity contribution < 1.29 is 14.4 Å². The molecule has 2 rings (SSSR count). The average Bonchev–Trinajstić information content (AvgIpc) is 2.53. The Labute approximate surface area is 128 Å². The molecule has 1 fully saturated rings. The highest BCUT2D eigenvalue weighted by molar-refractivity contribution is 6.30. The van der Waals surface area contributed by atoms with Gasteiger partial charge in [-0.15, -0.1) is 0 Å². The van der Waals surface area contributed by atoms with Crippen molar-refractivity contribution in [3.63, 3.8) is 0 Å². The van der Waals surface area contributed by atoms with Crippen molar-refractivity contribution in [2.24, 2.45) is 0 Å². The zero-order valence-electron chi connectivity index (χ0n) is 12.4. The predicted molar refractivity (Wildman–Crippen MR) is 79.3 cm³/mol. The standard InChI is InChI=1S/C16H15N3O3/c1-3-18-14(20)13(15(21)19(4-2)16(18)22)9-11-5-7-12(10-17)8-6-11/h5-9H,3-4H2,1-2H3. The smallest absolute Gasteiger partial charge is 0.268 e. The molecule has 0 radical (unpaired) electrons. The van der Waals surface area contributed by atoms with Gasteiger partial charge in [-0.3, -0.25) is 19.4 Å². The minimum Gasteiger partial charge on any atom is -0.268 e. The molecule has 0 saturated carbocycles. The van der Waals surface area contributed by atoms with E-state index in [1.165, 1.54) is 6.08 Å². The van der Waals surface area contributed by atoms with E-state index in [1.54, 1.807) is 38.1 Å². The Morgan fingerprint density at radius 2 is 1.50 bits per heavy atom. The van der Waals surface area contributed by atoms with Gasteiger partial charge in [0.1, 0.15) is 5.57 Å². The van der Waals surface area contributed by atoms with Crippen LogP contribution in [0.2, 0.25) is 0 Å². The van der Waals surface area contributed by atoms with Crippen LogP contribution in [0.15, 0.2) is 29.8 Å². The molecular formula is C16H15N3O3. The van der Waals surface area contributed by atoms with Gasteiger partial charge in [0.05, 0.1) is 11.6 Å². The number of hydrogen-bond donors (Lipinski definition) is 0. The van der Waals surface area contributed by atoms with E-state index in [0.29, 0.717) is 11.1 Å². The van der Waals surface area contributed by atoms with Gasteiger partial charge in [0.15, 0.2) is 0 Å². The molecule has 0 N–H and O–H groups in total. The molecule has 1 aromatic carbocycles. The molecule has 0 bridgehead atoms. The molecule has 0 aromatic heterocycles. The fraction of sp³-hybridized carbons (Fsp3) is 0.250. The van der Waals surface area contributed by atoms with Crippen LogP contribution in [0.4, 0.5) is 4.79 Å². The van der Waals surface area contributed by atoms with Crippen molar-refractivity contribution in [2.45, 2.75) is 13.8 Å². The number of nitriles is 1. The number of barbiturate groups is 1. The first kappa shape index (κ1) is 15.4. The molecule has 0 atom stereocenters. The van der Waals surface area contributed by atoms with Crippen molar-refractivity contribution >= 4 is 23.9 Å². The van der Waals surface area contributed by atoms with Crippen molar-refractivity contribution in [3.8, 4) is 6.07 Å². The predicted octanol–water partition coefficient (Wildman–Crippen LogP) is 1.77. The zero-order valence-corrected chi connectivity index (χ0v) is 12.4. The van der Waals surface area contributed by atoms with Crippen LogP contribution >= 0.6 is 0 Å². The summed E-state index contributed by atoms with van der Waals surface area (Å²) in [7, 11) is 0. The molecule has 0 aliphatic carbocycles. The minimum atomic E-state index is -0.591. The maximum Gasteiger partial charge on any atom is 0.333 e. The van der Waals surface area contributed by atoms with Gasteiger partial charge in [-0.05, 0) is 37.6 Å². The minimum absolute atomic E-state index is 0.0481. The van der Waals surface area contributed by atoms with Crippen LogP contribution in [-0.4, -0.2) is 40.7 Å². The molecule has 6 nitrogen and oxygen atoms in total. The second-order valence-corrected chi connectivity index (χ2v) is 4.67. The Balaban J connectivity index is 2.44. The van der Waals surface area contributed by atoms with Crippen molar-refractivity contribution in [2.75, 3.05) is 13.1 Å². The zero-order chi connectivity index (χ0) is 16.3. The molecule has 4 amide bonds. The molecule has 1 aromatic rings. The molecule has 6 heteroatoms. The molecule has 22 heavy (non-hydrogen) atoms. The Hall–Kier alpha value is -2.94. The molecule has 1 heterocycles. The Morgan fingerprint density at radius 1 is 1.00 bits per heavy atom. The van der Waals surface area contributed by atoms with Crippen molar-refractivity contribution in [1.82, 2.24) is 9.80 Å². The van der Waals surface area contributed by atoms with Gasteiger partial charge in [0.25, 0.3) is 11.8 Å². The summed E-state index contributed by atoms with van der Waals surface area (Å²) in [5.41, 5.74) is 1.06.